The number of nitrogens with two attached hydrogens (primary N) is 1. The lowest BCUT2D eigenvalue weighted by Gasteiger charge is -2.16. The Hall–Kier alpha value is -3.74. The third-order valence-electron chi connectivity index (χ3n) is 5.27. The fraction of sp³-hybridized carbons (Fsp3) is 0.292. The third kappa shape index (κ3) is 7.13. The summed E-state index contributed by atoms with van der Waals surface area (Å²) in [7, 11) is -4.13. The zero-order chi connectivity index (χ0) is 26.1. The van der Waals surface area contributed by atoms with Gasteiger partial charge < -0.3 is 20.9 Å². The molecule has 1 aromatic carbocycles. The summed E-state index contributed by atoms with van der Waals surface area (Å²) in [6.07, 6.45) is 4.21. The molecule has 0 saturated carbocycles. The Balaban J connectivity index is 1.70. The molecule has 2 heterocycles. The van der Waals surface area contributed by atoms with E-state index in [4.69, 9.17) is 10.5 Å². The number of hydrogen-bond acceptors (Lipinski definition) is 7. The molecule has 11 nitrogen and oxygen atoms in total. The number of fused-ring (bicyclic) bond motifs is 1. The molecule has 12 heteroatoms. The summed E-state index contributed by atoms with van der Waals surface area (Å²) in [6, 6.07) is 11.5. The van der Waals surface area contributed by atoms with Crippen LogP contribution in [0.25, 0.3) is 5.52 Å². The molecule has 0 radical (unpaired) electrons. The SMILES string of the molecule is NCCCCCOc1ccn2c(=O)cc(C(=O)NC[C@H](NS(=O)(=O)c3ccccc3)C(=O)O)cc2c1. The van der Waals surface area contributed by atoms with Crippen LogP contribution >= 0.6 is 0 Å². The molecule has 0 spiro atoms. The number of aliphatic carboxylic acids is 1. The molecule has 192 valence electrons. The van der Waals surface area contributed by atoms with Gasteiger partial charge in [0.25, 0.3) is 11.5 Å². The van der Waals surface area contributed by atoms with E-state index in [1.807, 2.05) is 0 Å². The summed E-state index contributed by atoms with van der Waals surface area (Å²) in [5.41, 5.74) is 5.41. The Kier molecular flexibility index (Phi) is 9.17. The molecule has 2 aromatic heterocycles. The number of carboxylic acid groups (broad SMARTS) is 1. The molecular formula is C24H28N4O7S. The largest absolute Gasteiger partial charge is 0.493 e. The normalized spacial score (nSPS) is 12.2. The summed E-state index contributed by atoms with van der Waals surface area (Å²) in [5.74, 6) is -1.67. The minimum atomic E-state index is -4.13. The zero-order valence-corrected chi connectivity index (χ0v) is 20.2. The quantitative estimate of drug-likeness (QED) is 0.244. The fourth-order valence-corrected chi connectivity index (χ4v) is 4.59. The number of benzene rings is 1. The lowest BCUT2D eigenvalue weighted by molar-refractivity contribution is -0.138. The van der Waals surface area contributed by atoms with Gasteiger partial charge in [0.05, 0.1) is 17.0 Å². The van der Waals surface area contributed by atoms with Gasteiger partial charge in [0.15, 0.2) is 0 Å². The first kappa shape index (κ1) is 26.9. The van der Waals surface area contributed by atoms with Crippen molar-refractivity contribution in [3.05, 3.63) is 76.7 Å². The Morgan fingerprint density at radius 2 is 1.81 bits per heavy atom. The molecule has 1 amide bonds. The first-order chi connectivity index (χ1) is 17.2. The first-order valence-corrected chi connectivity index (χ1v) is 12.8. The topological polar surface area (TPSA) is 169 Å². The highest BCUT2D eigenvalue weighted by atomic mass is 32.2. The van der Waals surface area contributed by atoms with E-state index in [1.54, 1.807) is 18.2 Å². The number of carbonyl (C=O) groups excluding carboxylic acids is 1. The summed E-state index contributed by atoms with van der Waals surface area (Å²) in [5, 5.41) is 11.8. The number of ether oxygens (including phenoxy) is 1. The summed E-state index contributed by atoms with van der Waals surface area (Å²) >= 11 is 0. The monoisotopic (exact) mass is 516 g/mol. The molecule has 0 bridgehead atoms. The molecule has 1 atom stereocenters. The minimum absolute atomic E-state index is 0.00449. The lowest BCUT2D eigenvalue weighted by atomic mass is 10.2. The minimum Gasteiger partial charge on any atom is -0.493 e. The van der Waals surface area contributed by atoms with Crippen LogP contribution in [0.2, 0.25) is 0 Å². The van der Waals surface area contributed by atoms with E-state index < -0.39 is 40.0 Å². The van der Waals surface area contributed by atoms with E-state index in [1.165, 1.54) is 40.9 Å². The number of nitrogens with one attached hydrogen (secondary N) is 2. The summed E-state index contributed by atoms with van der Waals surface area (Å²) in [4.78, 5) is 36.7. The van der Waals surface area contributed by atoms with Crippen LogP contribution in [0.4, 0.5) is 0 Å². The second kappa shape index (κ2) is 12.3. The average molecular weight is 517 g/mol. The van der Waals surface area contributed by atoms with Gasteiger partial charge in [0.1, 0.15) is 11.8 Å². The number of hydrogen-bond donors (Lipinski definition) is 4. The first-order valence-electron chi connectivity index (χ1n) is 11.3. The number of carboxylic acids is 1. The van der Waals surface area contributed by atoms with Crippen LogP contribution < -0.4 is 26.1 Å². The van der Waals surface area contributed by atoms with Crippen molar-refractivity contribution in [1.82, 2.24) is 14.4 Å². The van der Waals surface area contributed by atoms with Crippen molar-refractivity contribution in [3.8, 4) is 5.75 Å². The van der Waals surface area contributed by atoms with E-state index in [2.05, 4.69) is 10.0 Å². The van der Waals surface area contributed by atoms with Gasteiger partial charge >= 0.3 is 5.97 Å². The molecule has 0 aliphatic rings. The summed E-state index contributed by atoms with van der Waals surface area (Å²) < 4.78 is 34.0. The van der Waals surface area contributed by atoms with Crippen molar-refractivity contribution in [2.75, 3.05) is 19.7 Å². The Labute approximate surface area is 207 Å². The van der Waals surface area contributed by atoms with Crippen LogP contribution in [0.1, 0.15) is 29.6 Å². The van der Waals surface area contributed by atoms with Gasteiger partial charge in [-0.3, -0.25) is 18.8 Å². The van der Waals surface area contributed by atoms with Crippen LogP contribution in [0.3, 0.4) is 0 Å². The Morgan fingerprint density at radius 3 is 2.50 bits per heavy atom. The number of aromatic nitrogens is 1. The highest BCUT2D eigenvalue weighted by Crippen LogP contribution is 2.15. The molecule has 0 aliphatic heterocycles. The highest BCUT2D eigenvalue weighted by Gasteiger charge is 2.26. The molecule has 0 fully saturated rings. The number of sulfonamides is 1. The molecule has 3 aromatic rings. The van der Waals surface area contributed by atoms with Crippen molar-refractivity contribution < 1.29 is 27.9 Å². The number of amides is 1. The van der Waals surface area contributed by atoms with Crippen molar-refractivity contribution in [1.29, 1.82) is 0 Å². The molecule has 3 rings (SSSR count). The zero-order valence-electron chi connectivity index (χ0n) is 19.4. The van der Waals surface area contributed by atoms with E-state index in [0.29, 0.717) is 24.4 Å². The third-order valence-corrected chi connectivity index (χ3v) is 6.76. The van der Waals surface area contributed by atoms with Crippen LogP contribution in [0.5, 0.6) is 5.75 Å². The Morgan fingerprint density at radius 1 is 1.06 bits per heavy atom. The van der Waals surface area contributed by atoms with Gasteiger partial charge in [-0.15, -0.1) is 0 Å². The van der Waals surface area contributed by atoms with Gasteiger partial charge in [-0.2, -0.15) is 4.72 Å². The van der Waals surface area contributed by atoms with Gasteiger partial charge in [-0.05, 0) is 50.1 Å². The number of nitrogens with zero attached hydrogens (tertiary/aromatic N) is 1. The van der Waals surface area contributed by atoms with E-state index >= 15 is 0 Å². The predicted octanol–water partition coefficient (Wildman–Crippen LogP) is 0.969. The lowest BCUT2D eigenvalue weighted by Crippen LogP contribution is -2.48. The second-order valence-corrected chi connectivity index (χ2v) is 9.69. The van der Waals surface area contributed by atoms with Crippen LogP contribution in [-0.2, 0) is 14.8 Å². The van der Waals surface area contributed by atoms with Crippen molar-refractivity contribution >= 4 is 27.4 Å². The highest BCUT2D eigenvalue weighted by molar-refractivity contribution is 7.89. The van der Waals surface area contributed by atoms with E-state index in [0.717, 1.165) is 25.3 Å². The van der Waals surface area contributed by atoms with Crippen LogP contribution in [0.15, 0.2) is 70.5 Å². The molecule has 5 N–H and O–H groups in total. The molecule has 0 aliphatic carbocycles. The molecular weight excluding hydrogens is 488 g/mol. The van der Waals surface area contributed by atoms with Crippen molar-refractivity contribution in [2.24, 2.45) is 5.73 Å². The molecule has 0 unspecified atom stereocenters. The van der Waals surface area contributed by atoms with Gasteiger partial charge in [-0.1, -0.05) is 18.2 Å². The number of unbranched alkanes of at least 4 members (excludes halogenated alkanes) is 2. The van der Waals surface area contributed by atoms with Crippen LogP contribution in [-0.4, -0.2) is 55.5 Å². The number of pyridine rings is 2. The maximum Gasteiger partial charge on any atom is 0.323 e. The van der Waals surface area contributed by atoms with Gasteiger partial charge in [-0.25, -0.2) is 8.42 Å². The van der Waals surface area contributed by atoms with Crippen molar-refractivity contribution in [2.45, 2.75) is 30.2 Å². The standard InChI is InChI=1S/C24H28N4O7S/c25-10-5-2-6-12-35-19-9-11-28-18(15-19)13-17(14-22(28)29)23(30)26-16-21(24(31)32)27-36(33,34)20-7-3-1-4-8-20/h1,3-4,7-9,11,13-15,21,27H,2,5-6,10,12,16,25H2,(H,26,30)(H,31,32)/t21-/m0/s1. The van der Waals surface area contributed by atoms with Gasteiger partial charge in [0.2, 0.25) is 10.0 Å². The molecule has 36 heavy (non-hydrogen) atoms. The predicted molar refractivity (Wildman–Crippen MR) is 133 cm³/mol. The van der Waals surface area contributed by atoms with Crippen molar-refractivity contribution in [3.63, 3.8) is 0 Å². The molecule has 0 saturated heterocycles. The maximum absolute atomic E-state index is 12.7. The van der Waals surface area contributed by atoms with Crippen LogP contribution in [0, 0.1) is 0 Å². The van der Waals surface area contributed by atoms with Gasteiger partial charge in [0, 0.05) is 30.4 Å². The fourth-order valence-electron chi connectivity index (χ4n) is 3.38. The smallest absolute Gasteiger partial charge is 0.323 e. The maximum atomic E-state index is 12.7. The van der Waals surface area contributed by atoms with E-state index in [9.17, 15) is 27.9 Å². The Bertz CT molecular complexity index is 1370. The summed E-state index contributed by atoms with van der Waals surface area (Å²) in [6.45, 7) is 0.567. The number of carbonyl (C=O) groups is 2. The second-order valence-electron chi connectivity index (χ2n) is 7.97. The van der Waals surface area contributed by atoms with E-state index in [-0.39, 0.29) is 10.5 Å². The number of rotatable bonds is 13. The average Bonchev–Trinajstić information content (AvgIpc) is 2.86.